The van der Waals surface area contributed by atoms with Gasteiger partial charge >= 0.3 is 0 Å². The normalized spacial score (nSPS) is 22.2. The van der Waals surface area contributed by atoms with E-state index in [1.54, 1.807) is 0 Å². The maximum atomic E-state index is 13.1. The van der Waals surface area contributed by atoms with E-state index in [0.717, 1.165) is 38.5 Å². The molecule has 1 aliphatic heterocycles. The van der Waals surface area contributed by atoms with Crippen LogP contribution in [0.15, 0.2) is 12.2 Å². The number of hydrogen-bond acceptors (Lipinski definition) is 10. The Labute approximate surface area is 347 Å². The van der Waals surface area contributed by atoms with Crippen molar-refractivity contribution in [2.24, 2.45) is 0 Å². The van der Waals surface area contributed by atoms with Gasteiger partial charge in [0, 0.05) is 0 Å². The molecule has 1 heterocycles. The molecule has 11 heteroatoms. The third kappa shape index (κ3) is 26.6. The van der Waals surface area contributed by atoms with E-state index in [9.17, 15) is 40.5 Å². The molecule has 0 radical (unpaired) electrons. The van der Waals surface area contributed by atoms with Gasteiger partial charge in [-0.1, -0.05) is 180 Å². The molecule has 0 aromatic rings. The van der Waals surface area contributed by atoms with Gasteiger partial charge in [-0.15, -0.1) is 0 Å². The molecule has 0 aromatic heterocycles. The van der Waals surface area contributed by atoms with Crippen LogP contribution in [0.1, 0.15) is 206 Å². The fraction of sp³-hybridized carbons (Fsp3) is 0.935. The van der Waals surface area contributed by atoms with E-state index in [2.05, 4.69) is 31.3 Å². The molecule has 0 bridgehead atoms. The van der Waals surface area contributed by atoms with Crippen LogP contribution in [0.25, 0.3) is 0 Å². The van der Waals surface area contributed by atoms with Crippen LogP contribution in [0, 0.1) is 0 Å². The molecule has 1 aliphatic rings. The summed E-state index contributed by atoms with van der Waals surface area (Å²) in [5, 5.41) is 75.6. The Kier molecular flexibility index (Phi) is 34.7. The Hall–Kier alpha value is -1.15. The van der Waals surface area contributed by atoms with Crippen LogP contribution in [0.5, 0.6) is 0 Å². The highest BCUT2D eigenvalue weighted by molar-refractivity contribution is 5.80. The van der Waals surface area contributed by atoms with Crippen LogP contribution < -0.4 is 5.32 Å². The average Bonchev–Trinajstić information content (AvgIpc) is 3.21. The zero-order valence-corrected chi connectivity index (χ0v) is 36.3. The average molecular weight is 816 g/mol. The number of aliphatic hydroxyl groups is 7. The largest absolute Gasteiger partial charge is 0.394 e. The minimum absolute atomic E-state index is 0.260. The first-order chi connectivity index (χ1) is 27.7. The molecule has 0 aromatic carbocycles. The summed E-state index contributed by atoms with van der Waals surface area (Å²) in [7, 11) is 0. The number of carbonyl (C=O) groups excluding carboxylic acids is 1. The fourth-order valence-corrected chi connectivity index (χ4v) is 7.61. The molecule has 338 valence electrons. The van der Waals surface area contributed by atoms with Crippen molar-refractivity contribution in [3.8, 4) is 0 Å². The summed E-state index contributed by atoms with van der Waals surface area (Å²) in [4.78, 5) is 13.1. The van der Waals surface area contributed by atoms with Gasteiger partial charge in [-0.3, -0.25) is 4.79 Å². The number of rotatable bonds is 39. The minimum atomic E-state index is -1.66. The van der Waals surface area contributed by atoms with Crippen LogP contribution in [0.3, 0.4) is 0 Å². The second kappa shape index (κ2) is 36.7. The van der Waals surface area contributed by atoms with Gasteiger partial charge in [0.1, 0.15) is 36.6 Å². The number of amides is 1. The Morgan fingerprint density at radius 1 is 0.596 bits per heavy atom. The highest BCUT2D eigenvalue weighted by Crippen LogP contribution is 2.23. The summed E-state index contributed by atoms with van der Waals surface area (Å²) in [6.45, 7) is 3.42. The molecule has 9 atom stereocenters. The van der Waals surface area contributed by atoms with Gasteiger partial charge in [0.15, 0.2) is 6.29 Å². The molecule has 1 saturated heterocycles. The molecule has 0 unspecified atom stereocenters. The SMILES string of the molecule is CCCCCCCC/C=C\CCCCCCCCCCC[C@@H](O)C(=O)N[C@@H](CO[C@@H]1O[C@H](CO)[C@@H](O)[C@H](O)[C@H]1O)[C@H](O)[C@H](O)CCCCCCCCCCCCC. The van der Waals surface area contributed by atoms with E-state index in [-0.39, 0.29) is 6.42 Å². The number of ether oxygens (including phenoxy) is 2. The summed E-state index contributed by atoms with van der Waals surface area (Å²) in [6.07, 6.45) is 26.9. The van der Waals surface area contributed by atoms with E-state index < -0.39 is 74.2 Å². The highest BCUT2D eigenvalue weighted by Gasteiger charge is 2.44. The fourth-order valence-electron chi connectivity index (χ4n) is 7.61. The van der Waals surface area contributed by atoms with Gasteiger partial charge in [0.05, 0.1) is 25.4 Å². The van der Waals surface area contributed by atoms with Crippen molar-refractivity contribution in [2.45, 2.75) is 262 Å². The van der Waals surface area contributed by atoms with E-state index >= 15 is 0 Å². The summed E-state index contributed by atoms with van der Waals surface area (Å²) in [5.41, 5.74) is 0. The lowest BCUT2D eigenvalue weighted by Crippen LogP contribution is -2.60. The van der Waals surface area contributed by atoms with Gasteiger partial charge in [-0.2, -0.15) is 0 Å². The van der Waals surface area contributed by atoms with Crippen molar-refractivity contribution in [2.75, 3.05) is 13.2 Å². The molecule has 11 nitrogen and oxygen atoms in total. The third-order valence-corrected chi connectivity index (χ3v) is 11.6. The molecular formula is C46H89NO10. The monoisotopic (exact) mass is 816 g/mol. The summed E-state index contributed by atoms with van der Waals surface area (Å²) in [6, 6.07) is -1.16. The zero-order chi connectivity index (χ0) is 41.9. The Morgan fingerprint density at radius 3 is 1.47 bits per heavy atom. The lowest BCUT2D eigenvalue weighted by molar-refractivity contribution is -0.303. The second-order valence-electron chi connectivity index (χ2n) is 16.8. The highest BCUT2D eigenvalue weighted by atomic mass is 16.7. The first kappa shape index (κ1) is 53.9. The smallest absolute Gasteiger partial charge is 0.249 e. The number of nitrogens with one attached hydrogen (secondary N) is 1. The molecular weight excluding hydrogens is 727 g/mol. The lowest BCUT2D eigenvalue weighted by atomic mass is 9.98. The van der Waals surface area contributed by atoms with Crippen LogP contribution >= 0.6 is 0 Å². The maximum Gasteiger partial charge on any atom is 0.249 e. The van der Waals surface area contributed by atoms with Gasteiger partial charge in [0.25, 0.3) is 0 Å². The lowest BCUT2D eigenvalue weighted by Gasteiger charge is -2.40. The van der Waals surface area contributed by atoms with Gasteiger partial charge in [-0.05, 0) is 38.5 Å². The Morgan fingerprint density at radius 2 is 1.02 bits per heavy atom. The van der Waals surface area contributed by atoms with Crippen molar-refractivity contribution >= 4 is 5.91 Å². The van der Waals surface area contributed by atoms with Crippen LogP contribution in [-0.2, 0) is 14.3 Å². The number of hydrogen-bond donors (Lipinski definition) is 8. The Bertz CT molecular complexity index is 939. The van der Waals surface area contributed by atoms with Crippen molar-refractivity contribution in [1.82, 2.24) is 5.32 Å². The van der Waals surface area contributed by atoms with Crippen molar-refractivity contribution in [3.05, 3.63) is 12.2 Å². The van der Waals surface area contributed by atoms with E-state index in [4.69, 9.17) is 9.47 Å². The molecule has 0 saturated carbocycles. The molecule has 1 fully saturated rings. The van der Waals surface area contributed by atoms with Gasteiger partial charge in [-0.25, -0.2) is 0 Å². The summed E-state index contributed by atoms with van der Waals surface area (Å²) in [5.74, 6) is -0.699. The molecule has 8 N–H and O–H groups in total. The number of carbonyl (C=O) groups is 1. The number of unbranched alkanes of at least 4 members (excludes halogenated alkanes) is 25. The quantitative estimate of drug-likeness (QED) is 0.0226. The summed E-state index contributed by atoms with van der Waals surface area (Å²) < 4.78 is 11.1. The predicted molar refractivity (Wildman–Crippen MR) is 229 cm³/mol. The topological polar surface area (TPSA) is 189 Å². The minimum Gasteiger partial charge on any atom is -0.394 e. The molecule has 0 aliphatic carbocycles. The van der Waals surface area contributed by atoms with Crippen LogP contribution in [0.4, 0.5) is 0 Å². The second-order valence-corrected chi connectivity index (χ2v) is 16.8. The van der Waals surface area contributed by atoms with Crippen molar-refractivity contribution in [1.29, 1.82) is 0 Å². The zero-order valence-electron chi connectivity index (χ0n) is 36.3. The Balaban J connectivity index is 2.41. The van der Waals surface area contributed by atoms with Crippen LogP contribution in [-0.4, -0.2) is 110 Å². The van der Waals surface area contributed by atoms with E-state index in [0.29, 0.717) is 19.3 Å². The molecule has 57 heavy (non-hydrogen) atoms. The first-order valence-corrected chi connectivity index (χ1v) is 23.6. The van der Waals surface area contributed by atoms with Crippen molar-refractivity contribution < 1.29 is 50.0 Å². The van der Waals surface area contributed by atoms with Gasteiger partial charge in [0.2, 0.25) is 5.91 Å². The van der Waals surface area contributed by atoms with E-state index in [1.807, 2.05) is 0 Å². The van der Waals surface area contributed by atoms with E-state index in [1.165, 1.54) is 128 Å². The maximum absolute atomic E-state index is 13.1. The number of allylic oxidation sites excluding steroid dienone is 2. The summed E-state index contributed by atoms with van der Waals surface area (Å²) >= 11 is 0. The standard InChI is InChI=1S/C46H89NO10/c1-3-5-7-9-11-13-15-16-17-18-19-20-21-22-24-26-28-30-32-34-39(50)45(55)47-37(36-56-46-44(54)43(53)42(52)40(35-48)57-46)41(51)38(49)33-31-29-27-25-23-14-12-10-8-6-4-2/h16-17,37-44,46,48-54H,3-15,18-36H2,1-2H3,(H,47,55)/b17-16-/t37-,38+,39+,40+,41-,42+,43-,44+,46+/m0/s1. The van der Waals surface area contributed by atoms with Gasteiger partial charge < -0.3 is 50.5 Å². The molecule has 1 amide bonds. The first-order valence-electron chi connectivity index (χ1n) is 23.6. The van der Waals surface area contributed by atoms with Crippen LogP contribution in [0.2, 0.25) is 0 Å². The number of aliphatic hydroxyl groups excluding tert-OH is 7. The predicted octanol–water partition coefficient (Wildman–Crippen LogP) is 7.67. The molecule has 0 spiro atoms. The molecule has 1 rings (SSSR count). The van der Waals surface area contributed by atoms with Crippen molar-refractivity contribution in [3.63, 3.8) is 0 Å². The third-order valence-electron chi connectivity index (χ3n) is 11.6.